The Balaban J connectivity index is 2.10. The lowest BCUT2D eigenvalue weighted by molar-refractivity contribution is -0.137. The number of carbonyl (C=O) groups is 1. The minimum absolute atomic E-state index is 0.322. The molecule has 0 saturated heterocycles. The van der Waals surface area contributed by atoms with E-state index in [1.807, 2.05) is 6.07 Å². The lowest BCUT2D eigenvalue weighted by Crippen LogP contribution is -2.26. The van der Waals surface area contributed by atoms with E-state index in [9.17, 15) is 18.0 Å². The highest BCUT2D eigenvalue weighted by atomic mass is 19.4. The largest absolute Gasteiger partial charge is 0.416 e. The quantitative estimate of drug-likeness (QED) is 0.927. The summed E-state index contributed by atoms with van der Waals surface area (Å²) in [6, 6.07) is 12.3. The molecular weight excluding hydrogens is 305 g/mol. The predicted octanol–water partition coefficient (Wildman–Crippen LogP) is 4.07. The van der Waals surface area contributed by atoms with Crippen LogP contribution >= 0.6 is 0 Å². The molecule has 1 amide bonds. The van der Waals surface area contributed by atoms with E-state index in [0.29, 0.717) is 16.7 Å². The maximum atomic E-state index is 12.5. The van der Waals surface area contributed by atoms with Crippen LogP contribution in [0.25, 0.3) is 0 Å². The number of amides is 1. The van der Waals surface area contributed by atoms with Gasteiger partial charge in [0, 0.05) is 5.56 Å². The average Bonchev–Trinajstić information content (AvgIpc) is 2.54. The Kier molecular flexibility index (Phi) is 4.70. The molecule has 6 heteroatoms. The van der Waals surface area contributed by atoms with Crippen LogP contribution in [0.5, 0.6) is 0 Å². The van der Waals surface area contributed by atoms with E-state index >= 15 is 0 Å². The second-order valence-electron chi connectivity index (χ2n) is 5.01. The smallest absolute Gasteiger partial charge is 0.346 e. The summed E-state index contributed by atoms with van der Waals surface area (Å²) in [5.74, 6) is -0.394. The molecule has 23 heavy (non-hydrogen) atoms. The molecule has 0 aliphatic rings. The summed E-state index contributed by atoms with van der Waals surface area (Å²) < 4.78 is 37.6. The number of rotatable bonds is 3. The molecule has 0 saturated carbocycles. The third-order valence-electron chi connectivity index (χ3n) is 3.34. The van der Waals surface area contributed by atoms with Gasteiger partial charge in [-0.05, 0) is 42.8 Å². The average molecular weight is 318 g/mol. The van der Waals surface area contributed by atoms with Crippen molar-refractivity contribution in [1.29, 1.82) is 5.26 Å². The van der Waals surface area contributed by atoms with Crippen molar-refractivity contribution in [2.45, 2.75) is 19.1 Å². The minimum atomic E-state index is -4.39. The van der Waals surface area contributed by atoms with Gasteiger partial charge in [-0.2, -0.15) is 18.4 Å². The second-order valence-corrected chi connectivity index (χ2v) is 5.01. The maximum absolute atomic E-state index is 12.5. The van der Waals surface area contributed by atoms with Gasteiger partial charge in [0.25, 0.3) is 5.91 Å². The molecule has 1 unspecified atom stereocenters. The zero-order valence-corrected chi connectivity index (χ0v) is 12.2. The van der Waals surface area contributed by atoms with Crippen LogP contribution in [-0.2, 0) is 6.18 Å². The number of hydrogen-bond donors (Lipinski definition) is 1. The number of nitriles is 1. The molecule has 0 fully saturated rings. The van der Waals surface area contributed by atoms with Crippen molar-refractivity contribution in [2.75, 3.05) is 0 Å². The molecule has 118 valence electrons. The van der Waals surface area contributed by atoms with Gasteiger partial charge in [0.15, 0.2) is 0 Å². The zero-order valence-electron chi connectivity index (χ0n) is 12.2. The highest BCUT2D eigenvalue weighted by molar-refractivity contribution is 5.94. The third-order valence-corrected chi connectivity index (χ3v) is 3.34. The van der Waals surface area contributed by atoms with Gasteiger partial charge in [-0.3, -0.25) is 4.79 Å². The van der Waals surface area contributed by atoms with Gasteiger partial charge in [0.2, 0.25) is 0 Å². The van der Waals surface area contributed by atoms with Crippen LogP contribution in [0.2, 0.25) is 0 Å². The molecule has 0 heterocycles. The highest BCUT2D eigenvalue weighted by Crippen LogP contribution is 2.29. The van der Waals surface area contributed by atoms with Crippen molar-refractivity contribution in [3.05, 3.63) is 70.8 Å². The first-order chi connectivity index (χ1) is 10.8. The molecule has 1 atom stereocenters. The standard InChI is InChI=1S/C17H13F3N2O/c1-11(13-5-7-15(8-6-13)17(18,19)20)22-16(23)14-4-2-3-12(9-14)10-21/h2-9,11H,1H3,(H,22,23). The number of halogens is 3. The van der Waals surface area contributed by atoms with Gasteiger partial charge in [0.05, 0.1) is 23.2 Å². The fraction of sp³-hybridized carbons (Fsp3) is 0.176. The molecule has 0 radical (unpaired) electrons. The van der Waals surface area contributed by atoms with E-state index in [1.165, 1.54) is 18.2 Å². The Morgan fingerprint density at radius 2 is 1.83 bits per heavy atom. The van der Waals surface area contributed by atoms with Crippen LogP contribution in [0.4, 0.5) is 13.2 Å². The fourth-order valence-corrected chi connectivity index (χ4v) is 2.05. The zero-order chi connectivity index (χ0) is 17.0. The van der Waals surface area contributed by atoms with Crippen molar-refractivity contribution >= 4 is 5.91 Å². The molecule has 2 aromatic rings. The number of benzene rings is 2. The van der Waals surface area contributed by atoms with E-state index in [-0.39, 0.29) is 0 Å². The fourth-order valence-electron chi connectivity index (χ4n) is 2.05. The van der Waals surface area contributed by atoms with Crippen molar-refractivity contribution in [1.82, 2.24) is 5.32 Å². The van der Waals surface area contributed by atoms with E-state index in [1.54, 1.807) is 25.1 Å². The topological polar surface area (TPSA) is 52.9 Å². The van der Waals surface area contributed by atoms with E-state index in [0.717, 1.165) is 12.1 Å². The van der Waals surface area contributed by atoms with Gasteiger partial charge in [-0.1, -0.05) is 18.2 Å². The molecule has 2 rings (SSSR count). The molecule has 0 aromatic heterocycles. The van der Waals surface area contributed by atoms with Crippen LogP contribution in [0.1, 0.15) is 40.0 Å². The summed E-state index contributed by atoms with van der Waals surface area (Å²) in [4.78, 5) is 12.1. The first-order valence-electron chi connectivity index (χ1n) is 6.79. The molecule has 3 nitrogen and oxygen atoms in total. The van der Waals surface area contributed by atoms with Crippen LogP contribution < -0.4 is 5.32 Å². The Hall–Kier alpha value is -2.81. The molecule has 1 N–H and O–H groups in total. The molecule has 0 bridgehead atoms. The van der Waals surface area contributed by atoms with E-state index < -0.39 is 23.7 Å². The maximum Gasteiger partial charge on any atom is 0.416 e. The Morgan fingerprint density at radius 3 is 2.39 bits per heavy atom. The van der Waals surface area contributed by atoms with Crippen LogP contribution in [0, 0.1) is 11.3 Å². The summed E-state index contributed by atoms with van der Waals surface area (Å²) in [7, 11) is 0. The number of hydrogen-bond acceptors (Lipinski definition) is 2. The van der Waals surface area contributed by atoms with Crippen molar-refractivity contribution < 1.29 is 18.0 Å². The number of alkyl halides is 3. The van der Waals surface area contributed by atoms with Crippen molar-refractivity contribution in [3.8, 4) is 6.07 Å². The van der Waals surface area contributed by atoms with Gasteiger partial charge in [0.1, 0.15) is 0 Å². The molecule has 0 spiro atoms. The van der Waals surface area contributed by atoms with Gasteiger partial charge in [-0.15, -0.1) is 0 Å². The SMILES string of the molecule is CC(NC(=O)c1cccc(C#N)c1)c1ccc(C(F)(F)F)cc1. The number of nitrogens with one attached hydrogen (secondary N) is 1. The predicted molar refractivity (Wildman–Crippen MR) is 78.5 cm³/mol. The Bertz CT molecular complexity index is 746. The highest BCUT2D eigenvalue weighted by Gasteiger charge is 2.30. The van der Waals surface area contributed by atoms with Crippen LogP contribution in [0.3, 0.4) is 0 Å². The minimum Gasteiger partial charge on any atom is -0.346 e. The summed E-state index contributed by atoms with van der Waals surface area (Å²) >= 11 is 0. The Labute approximate surface area is 131 Å². The van der Waals surface area contributed by atoms with E-state index in [2.05, 4.69) is 5.32 Å². The van der Waals surface area contributed by atoms with Crippen molar-refractivity contribution in [3.63, 3.8) is 0 Å². The van der Waals surface area contributed by atoms with Crippen molar-refractivity contribution in [2.24, 2.45) is 0 Å². The molecular formula is C17H13F3N2O. The number of nitrogens with zero attached hydrogens (tertiary/aromatic N) is 1. The number of carbonyl (C=O) groups excluding carboxylic acids is 1. The summed E-state index contributed by atoms with van der Waals surface area (Å²) in [6.45, 7) is 1.68. The van der Waals surface area contributed by atoms with E-state index in [4.69, 9.17) is 5.26 Å². The molecule has 0 aliphatic carbocycles. The van der Waals surface area contributed by atoms with Crippen LogP contribution in [0.15, 0.2) is 48.5 Å². The first kappa shape index (κ1) is 16.6. The second kappa shape index (κ2) is 6.53. The summed E-state index contributed by atoms with van der Waals surface area (Å²) in [5, 5.41) is 11.5. The molecule has 2 aromatic carbocycles. The van der Waals surface area contributed by atoms with Gasteiger partial charge in [-0.25, -0.2) is 0 Å². The third kappa shape index (κ3) is 4.10. The van der Waals surface area contributed by atoms with Gasteiger partial charge < -0.3 is 5.32 Å². The summed E-state index contributed by atoms with van der Waals surface area (Å²) in [6.07, 6.45) is -4.39. The lowest BCUT2D eigenvalue weighted by atomic mass is 10.0. The van der Waals surface area contributed by atoms with Gasteiger partial charge >= 0.3 is 6.18 Å². The van der Waals surface area contributed by atoms with Crippen LogP contribution in [-0.4, -0.2) is 5.91 Å². The first-order valence-corrected chi connectivity index (χ1v) is 6.79. The normalized spacial score (nSPS) is 12.3. The molecule has 0 aliphatic heterocycles. The monoisotopic (exact) mass is 318 g/mol. The summed E-state index contributed by atoms with van der Waals surface area (Å²) in [5.41, 5.74) is 0.506. The lowest BCUT2D eigenvalue weighted by Gasteiger charge is -2.15. The Morgan fingerprint density at radius 1 is 1.17 bits per heavy atom.